The molecule has 0 radical (unpaired) electrons. The third kappa shape index (κ3) is 5.00. The van der Waals surface area contributed by atoms with Crippen molar-refractivity contribution in [2.24, 2.45) is 0 Å². The Morgan fingerprint density at radius 2 is 1.89 bits per heavy atom. The third-order valence-electron chi connectivity index (χ3n) is 2.99. The first kappa shape index (κ1) is 13.4. The van der Waals surface area contributed by atoms with Crippen LogP contribution in [0.3, 0.4) is 0 Å². The van der Waals surface area contributed by atoms with Gasteiger partial charge in [-0.15, -0.1) is 0 Å². The molecule has 0 saturated heterocycles. The van der Waals surface area contributed by atoms with Gasteiger partial charge < -0.3 is 9.73 Å². The monoisotopic (exact) mass is 257 g/mol. The molecule has 0 bridgehead atoms. The molecule has 1 aromatic carbocycles. The van der Waals surface area contributed by atoms with Crippen LogP contribution in [0.25, 0.3) is 0 Å². The number of aryl methyl sites for hydroxylation is 2. The van der Waals surface area contributed by atoms with Crippen LogP contribution in [0, 0.1) is 0 Å². The molecule has 1 N–H and O–H groups in total. The first-order chi connectivity index (χ1) is 9.34. The van der Waals surface area contributed by atoms with Crippen molar-refractivity contribution in [3.8, 4) is 0 Å². The van der Waals surface area contributed by atoms with Crippen molar-refractivity contribution in [1.29, 1.82) is 0 Å². The average molecular weight is 257 g/mol. The second-order valence-electron chi connectivity index (χ2n) is 4.52. The van der Waals surface area contributed by atoms with Crippen LogP contribution in [-0.4, -0.2) is 12.5 Å². The summed E-state index contributed by atoms with van der Waals surface area (Å²) in [6.07, 6.45) is 4.75. The van der Waals surface area contributed by atoms with Crippen molar-refractivity contribution in [3.05, 3.63) is 60.1 Å². The molecule has 2 aromatic rings. The summed E-state index contributed by atoms with van der Waals surface area (Å²) in [6, 6.07) is 14.0. The molecular formula is C16H19NO2. The van der Waals surface area contributed by atoms with E-state index < -0.39 is 0 Å². The summed E-state index contributed by atoms with van der Waals surface area (Å²) in [5.41, 5.74) is 1.31. The lowest BCUT2D eigenvalue weighted by Gasteiger charge is -2.04. The van der Waals surface area contributed by atoms with E-state index in [4.69, 9.17) is 4.42 Å². The summed E-state index contributed by atoms with van der Waals surface area (Å²) in [5.74, 6) is 0.948. The minimum Gasteiger partial charge on any atom is -0.469 e. The quantitative estimate of drug-likeness (QED) is 0.775. The molecular weight excluding hydrogens is 238 g/mol. The first-order valence-corrected chi connectivity index (χ1v) is 6.67. The zero-order valence-corrected chi connectivity index (χ0v) is 11.0. The number of carbonyl (C=O) groups is 1. The van der Waals surface area contributed by atoms with E-state index in [2.05, 4.69) is 17.4 Å². The van der Waals surface area contributed by atoms with E-state index in [1.165, 1.54) is 5.56 Å². The highest BCUT2D eigenvalue weighted by Gasteiger charge is 2.03. The van der Waals surface area contributed by atoms with Gasteiger partial charge in [-0.05, 0) is 30.5 Å². The number of rotatable bonds is 7. The fraction of sp³-hybridized carbons (Fsp3) is 0.312. The topological polar surface area (TPSA) is 42.2 Å². The molecule has 0 saturated carbocycles. The number of hydrogen-bond acceptors (Lipinski definition) is 2. The number of hydrogen-bond donors (Lipinski definition) is 1. The minimum atomic E-state index is 0.0875. The van der Waals surface area contributed by atoms with Crippen molar-refractivity contribution in [1.82, 2.24) is 5.32 Å². The van der Waals surface area contributed by atoms with Gasteiger partial charge in [0.25, 0.3) is 0 Å². The van der Waals surface area contributed by atoms with Crippen LogP contribution in [0.15, 0.2) is 53.1 Å². The molecule has 1 amide bonds. The van der Waals surface area contributed by atoms with Gasteiger partial charge in [-0.25, -0.2) is 0 Å². The lowest BCUT2D eigenvalue weighted by molar-refractivity contribution is -0.121. The summed E-state index contributed by atoms with van der Waals surface area (Å²) < 4.78 is 5.19. The number of carbonyl (C=O) groups excluding carboxylic acids is 1. The predicted octanol–water partition coefficient (Wildman–Crippen LogP) is 2.96. The van der Waals surface area contributed by atoms with Crippen LogP contribution < -0.4 is 5.32 Å². The molecule has 3 nitrogen and oxygen atoms in total. The lowest BCUT2D eigenvalue weighted by Crippen LogP contribution is -2.24. The molecule has 0 atom stereocenters. The maximum Gasteiger partial charge on any atom is 0.220 e. The van der Waals surface area contributed by atoms with Gasteiger partial charge in [-0.2, -0.15) is 0 Å². The fourth-order valence-electron chi connectivity index (χ4n) is 1.94. The van der Waals surface area contributed by atoms with Crippen LogP contribution in [0.2, 0.25) is 0 Å². The first-order valence-electron chi connectivity index (χ1n) is 6.67. The number of furan rings is 1. The van der Waals surface area contributed by atoms with Crippen molar-refractivity contribution < 1.29 is 9.21 Å². The summed E-state index contributed by atoms with van der Waals surface area (Å²) in [5, 5.41) is 2.93. The Balaban J connectivity index is 1.57. The van der Waals surface area contributed by atoms with E-state index in [1.807, 2.05) is 30.3 Å². The van der Waals surface area contributed by atoms with Crippen LogP contribution in [0.5, 0.6) is 0 Å². The van der Waals surface area contributed by atoms with E-state index >= 15 is 0 Å². The molecule has 0 spiro atoms. The minimum absolute atomic E-state index is 0.0875. The smallest absolute Gasteiger partial charge is 0.220 e. The Morgan fingerprint density at radius 3 is 2.63 bits per heavy atom. The highest BCUT2D eigenvalue weighted by atomic mass is 16.3. The zero-order valence-electron chi connectivity index (χ0n) is 11.0. The van der Waals surface area contributed by atoms with Crippen LogP contribution in [0.4, 0.5) is 0 Å². The average Bonchev–Trinajstić information content (AvgIpc) is 2.96. The molecule has 0 unspecified atom stereocenters. The third-order valence-corrected chi connectivity index (χ3v) is 2.99. The highest BCUT2D eigenvalue weighted by molar-refractivity contribution is 5.76. The van der Waals surface area contributed by atoms with E-state index in [0.717, 1.165) is 25.1 Å². The molecule has 100 valence electrons. The molecule has 3 heteroatoms. The number of nitrogens with one attached hydrogen (secondary N) is 1. The standard InChI is InChI=1S/C16H19NO2/c18-16(11-10-15-9-5-13-19-15)17-12-4-8-14-6-2-1-3-7-14/h1-3,5-7,9,13H,4,8,10-12H2,(H,17,18). The van der Waals surface area contributed by atoms with Gasteiger partial charge in [0.15, 0.2) is 0 Å². The molecule has 0 aliphatic rings. The van der Waals surface area contributed by atoms with Crippen LogP contribution >= 0.6 is 0 Å². The Labute approximate surface area is 113 Å². The molecule has 0 aliphatic heterocycles. The Morgan fingerprint density at radius 1 is 1.05 bits per heavy atom. The van der Waals surface area contributed by atoms with Gasteiger partial charge in [-0.3, -0.25) is 4.79 Å². The summed E-state index contributed by atoms with van der Waals surface area (Å²) in [6.45, 7) is 0.728. The Kier molecular flexibility index (Phi) is 5.23. The van der Waals surface area contributed by atoms with E-state index in [1.54, 1.807) is 6.26 Å². The van der Waals surface area contributed by atoms with Gasteiger partial charge in [-0.1, -0.05) is 30.3 Å². The largest absolute Gasteiger partial charge is 0.469 e. The van der Waals surface area contributed by atoms with Crippen LogP contribution in [-0.2, 0) is 17.6 Å². The van der Waals surface area contributed by atoms with Crippen molar-refractivity contribution in [2.45, 2.75) is 25.7 Å². The molecule has 2 rings (SSSR count). The number of benzene rings is 1. The maximum atomic E-state index is 11.6. The van der Waals surface area contributed by atoms with E-state index in [0.29, 0.717) is 12.8 Å². The van der Waals surface area contributed by atoms with Gasteiger partial charge in [0.05, 0.1) is 6.26 Å². The summed E-state index contributed by atoms with van der Waals surface area (Å²) in [7, 11) is 0. The van der Waals surface area contributed by atoms with Gasteiger partial charge >= 0.3 is 0 Å². The highest BCUT2D eigenvalue weighted by Crippen LogP contribution is 2.04. The van der Waals surface area contributed by atoms with Gasteiger partial charge in [0, 0.05) is 19.4 Å². The van der Waals surface area contributed by atoms with Crippen molar-refractivity contribution in [3.63, 3.8) is 0 Å². The SMILES string of the molecule is O=C(CCc1ccco1)NCCCc1ccccc1. The molecule has 0 aliphatic carbocycles. The maximum absolute atomic E-state index is 11.6. The molecule has 1 heterocycles. The summed E-state index contributed by atoms with van der Waals surface area (Å²) in [4.78, 5) is 11.6. The lowest BCUT2D eigenvalue weighted by atomic mass is 10.1. The second-order valence-corrected chi connectivity index (χ2v) is 4.52. The zero-order chi connectivity index (χ0) is 13.3. The Bertz CT molecular complexity index is 477. The molecule has 0 fully saturated rings. The molecule has 1 aromatic heterocycles. The summed E-state index contributed by atoms with van der Waals surface area (Å²) >= 11 is 0. The van der Waals surface area contributed by atoms with Gasteiger partial charge in [0.1, 0.15) is 5.76 Å². The second kappa shape index (κ2) is 7.41. The normalized spacial score (nSPS) is 10.3. The fourth-order valence-corrected chi connectivity index (χ4v) is 1.94. The van der Waals surface area contributed by atoms with Gasteiger partial charge in [0.2, 0.25) is 5.91 Å². The predicted molar refractivity (Wildman–Crippen MR) is 74.8 cm³/mol. The number of amides is 1. The van der Waals surface area contributed by atoms with Crippen LogP contribution in [0.1, 0.15) is 24.2 Å². The Hall–Kier alpha value is -2.03. The molecule has 19 heavy (non-hydrogen) atoms. The van der Waals surface area contributed by atoms with E-state index in [9.17, 15) is 4.79 Å². The van der Waals surface area contributed by atoms with Crippen molar-refractivity contribution in [2.75, 3.05) is 6.54 Å². The van der Waals surface area contributed by atoms with E-state index in [-0.39, 0.29) is 5.91 Å². The van der Waals surface area contributed by atoms with Crippen molar-refractivity contribution >= 4 is 5.91 Å².